The Balaban J connectivity index is 1.41. The van der Waals surface area contributed by atoms with Gasteiger partial charge in [0.15, 0.2) is 0 Å². The number of nitrogens with zero attached hydrogens (tertiary/aromatic N) is 2. The number of aliphatic carboxylic acids is 1. The van der Waals surface area contributed by atoms with Gasteiger partial charge in [0.05, 0.1) is 12.5 Å². The molecule has 1 aliphatic rings. The fraction of sp³-hybridized carbons (Fsp3) is 0.308. The number of nitrogens with one attached hydrogen (secondary N) is 1. The normalized spacial score (nSPS) is 16.3. The van der Waals surface area contributed by atoms with Crippen molar-refractivity contribution in [2.75, 3.05) is 6.54 Å². The van der Waals surface area contributed by atoms with Gasteiger partial charge in [0.2, 0.25) is 11.8 Å². The maximum Gasteiger partial charge on any atom is 0.326 e. The Kier molecular flexibility index (Phi) is 7.37. The van der Waals surface area contributed by atoms with Gasteiger partial charge >= 0.3 is 5.97 Å². The number of likely N-dealkylation sites (tertiary alicyclic amines) is 1. The Labute approximate surface area is 202 Å². The van der Waals surface area contributed by atoms with Crippen molar-refractivity contribution < 1.29 is 19.5 Å². The number of carbonyl (C=O) groups excluding carboxylic acids is 2. The third-order valence-corrected chi connectivity index (χ3v) is 7.05. The van der Waals surface area contributed by atoms with E-state index in [1.807, 2.05) is 47.4 Å². The van der Waals surface area contributed by atoms with E-state index in [9.17, 15) is 19.5 Å². The molecule has 0 aliphatic carbocycles. The summed E-state index contributed by atoms with van der Waals surface area (Å²) in [6.07, 6.45) is 3.89. The highest BCUT2D eigenvalue weighted by Gasteiger charge is 2.32. The van der Waals surface area contributed by atoms with Gasteiger partial charge < -0.3 is 15.3 Å². The molecule has 3 aromatic rings. The summed E-state index contributed by atoms with van der Waals surface area (Å²) in [5, 5.41) is 12.6. The van der Waals surface area contributed by atoms with Crippen molar-refractivity contribution in [1.29, 1.82) is 0 Å². The first-order chi connectivity index (χ1) is 16.4. The zero-order chi connectivity index (χ0) is 24.1. The number of hydrogen-bond acceptors (Lipinski definition) is 5. The fourth-order valence-electron chi connectivity index (χ4n) is 4.26. The van der Waals surface area contributed by atoms with Gasteiger partial charge in [-0.3, -0.25) is 9.59 Å². The van der Waals surface area contributed by atoms with Crippen LogP contribution in [0.2, 0.25) is 0 Å². The predicted octanol–water partition coefficient (Wildman–Crippen LogP) is 3.85. The van der Waals surface area contributed by atoms with Crippen molar-refractivity contribution in [3.05, 3.63) is 76.2 Å². The maximum absolute atomic E-state index is 13.1. The lowest BCUT2D eigenvalue weighted by Gasteiger charge is -2.23. The molecule has 0 spiro atoms. The van der Waals surface area contributed by atoms with Crippen molar-refractivity contribution in [1.82, 2.24) is 15.2 Å². The monoisotopic (exact) mass is 477 g/mol. The quantitative estimate of drug-likeness (QED) is 0.513. The zero-order valence-corrected chi connectivity index (χ0v) is 19.8. The average molecular weight is 478 g/mol. The van der Waals surface area contributed by atoms with Crippen LogP contribution in [0.1, 0.15) is 41.3 Å². The van der Waals surface area contributed by atoms with Gasteiger partial charge in [0.25, 0.3) is 0 Å². The summed E-state index contributed by atoms with van der Waals surface area (Å²) < 4.78 is 0. The standard InChI is InChI=1S/C26H27N3O4S/c1-17(30)28-22(26(32)33)15-21-16-27-25(34-21)23-8-5-13-29(23)24(31)14-18-9-11-20(12-10-18)19-6-3-2-4-7-19/h2-4,6-7,9-12,16,22-23H,5,8,13-15H2,1H3,(H,28,30)(H,32,33). The van der Waals surface area contributed by atoms with E-state index < -0.39 is 12.0 Å². The predicted molar refractivity (Wildman–Crippen MR) is 130 cm³/mol. The van der Waals surface area contributed by atoms with E-state index in [0.717, 1.165) is 39.4 Å². The SMILES string of the molecule is CC(=O)NC(Cc1cnc(C2CCCN2C(=O)Cc2ccc(-c3ccccc3)cc2)s1)C(=O)O. The van der Waals surface area contributed by atoms with E-state index in [4.69, 9.17) is 0 Å². The molecule has 176 valence electrons. The van der Waals surface area contributed by atoms with Crippen molar-refractivity contribution in [2.24, 2.45) is 0 Å². The minimum atomic E-state index is -1.08. The van der Waals surface area contributed by atoms with E-state index in [-0.39, 0.29) is 24.3 Å². The van der Waals surface area contributed by atoms with E-state index in [1.165, 1.54) is 18.3 Å². The molecule has 2 unspecified atom stereocenters. The topological polar surface area (TPSA) is 99.6 Å². The smallest absolute Gasteiger partial charge is 0.326 e. The zero-order valence-electron chi connectivity index (χ0n) is 18.9. The number of carboxylic acids is 1. The lowest BCUT2D eigenvalue weighted by molar-refractivity contribution is -0.141. The molecular formula is C26H27N3O4S. The number of hydrogen-bond donors (Lipinski definition) is 2. The average Bonchev–Trinajstić information content (AvgIpc) is 3.49. The summed E-state index contributed by atoms with van der Waals surface area (Å²) in [5.74, 6) is -1.41. The minimum Gasteiger partial charge on any atom is -0.480 e. The van der Waals surface area contributed by atoms with Crippen molar-refractivity contribution in [3.63, 3.8) is 0 Å². The first-order valence-corrected chi connectivity index (χ1v) is 12.1. The summed E-state index contributed by atoms with van der Waals surface area (Å²) in [6, 6.07) is 17.1. The van der Waals surface area contributed by atoms with E-state index >= 15 is 0 Å². The molecule has 0 radical (unpaired) electrons. The van der Waals surface area contributed by atoms with Crippen LogP contribution in [0.15, 0.2) is 60.8 Å². The molecule has 1 saturated heterocycles. The molecule has 2 heterocycles. The highest BCUT2D eigenvalue weighted by molar-refractivity contribution is 7.11. The number of rotatable bonds is 8. The summed E-state index contributed by atoms with van der Waals surface area (Å²) in [5.41, 5.74) is 3.23. The molecule has 2 atom stereocenters. The Morgan fingerprint density at radius 3 is 2.50 bits per heavy atom. The molecule has 1 aliphatic heterocycles. The highest BCUT2D eigenvalue weighted by atomic mass is 32.1. The number of aromatic nitrogens is 1. The highest BCUT2D eigenvalue weighted by Crippen LogP contribution is 2.35. The van der Waals surface area contributed by atoms with Crippen molar-refractivity contribution in [3.8, 4) is 11.1 Å². The van der Waals surface area contributed by atoms with E-state index in [2.05, 4.69) is 22.4 Å². The molecule has 2 N–H and O–H groups in total. The molecule has 8 heteroatoms. The van der Waals surface area contributed by atoms with Gasteiger partial charge in [-0.2, -0.15) is 0 Å². The van der Waals surface area contributed by atoms with Crippen LogP contribution in [0, 0.1) is 0 Å². The van der Waals surface area contributed by atoms with Crippen LogP contribution in [0.4, 0.5) is 0 Å². The second-order valence-corrected chi connectivity index (χ2v) is 9.59. The van der Waals surface area contributed by atoms with Crippen LogP contribution in [-0.2, 0) is 27.2 Å². The van der Waals surface area contributed by atoms with Crippen molar-refractivity contribution in [2.45, 2.75) is 44.7 Å². The molecular weight excluding hydrogens is 450 g/mol. The molecule has 7 nitrogen and oxygen atoms in total. The first-order valence-electron chi connectivity index (χ1n) is 11.3. The number of carbonyl (C=O) groups is 3. The fourth-order valence-corrected chi connectivity index (χ4v) is 5.37. The molecule has 2 amide bonds. The summed E-state index contributed by atoms with van der Waals surface area (Å²) in [7, 11) is 0. The lowest BCUT2D eigenvalue weighted by atomic mass is 10.0. The summed E-state index contributed by atoms with van der Waals surface area (Å²) in [6.45, 7) is 1.98. The van der Waals surface area contributed by atoms with Gasteiger partial charge in [-0.15, -0.1) is 11.3 Å². The van der Waals surface area contributed by atoms with Crippen LogP contribution in [-0.4, -0.2) is 45.4 Å². The largest absolute Gasteiger partial charge is 0.480 e. The summed E-state index contributed by atoms with van der Waals surface area (Å²) >= 11 is 1.41. The van der Waals surface area contributed by atoms with Crippen LogP contribution in [0.5, 0.6) is 0 Å². The van der Waals surface area contributed by atoms with Crippen LogP contribution >= 0.6 is 11.3 Å². The number of amides is 2. The van der Waals surface area contributed by atoms with Gasteiger partial charge in [-0.1, -0.05) is 54.6 Å². The third-order valence-electron chi connectivity index (χ3n) is 5.93. The van der Waals surface area contributed by atoms with E-state index in [1.54, 1.807) is 6.20 Å². The Bertz CT molecular complexity index is 1160. The Hall–Kier alpha value is -3.52. The molecule has 1 aromatic heterocycles. The van der Waals surface area contributed by atoms with E-state index in [0.29, 0.717) is 13.0 Å². The number of carboxylic acid groups (broad SMARTS) is 1. The maximum atomic E-state index is 13.1. The lowest BCUT2D eigenvalue weighted by Crippen LogP contribution is -2.40. The molecule has 0 saturated carbocycles. The first kappa shape index (κ1) is 23.6. The Morgan fingerprint density at radius 2 is 1.82 bits per heavy atom. The second-order valence-electron chi connectivity index (χ2n) is 8.45. The third kappa shape index (κ3) is 5.69. The van der Waals surface area contributed by atoms with Gasteiger partial charge in [-0.05, 0) is 29.5 Å². The van der Waals surface area contributed by atoms with Crippen LogP contribution < -0.4 is 5.32 Å². The van der Waals surface area contributed by atoms with Gasteiger partial charge in [0, 0.05) is 31.0 Å². The van der Waals surface area contributed by atoms with Crippen molar-refractivity contribution >= 4 is 29.1 Å². The van der Waals surface area contributed by atoms with Crippen LogP contribution in [0.3, 0.4) is 0 Å². The summed E-state index contributed by atoms with van der Waals surface area (Å²) in [4.78, 5) is 43.0. The minimum absolute atomic E-state index is 0.0633. The van der Waals surface area contributed by atoms with Gasteiger partial charge in [-0.25, -0.2) is 9.78 Å². The molecule has 1 fully saturated rings. The molecule has 34 heavy (non-hydrogen) atoms. The molecule has 0 bridgehead atoms. The number of benzene rings is 2. The molecule has 2 aromatic carbocycles. The number of thiazole rings is 1. The Morgan fingerprint density at radius 1 is 1.12 bits per heavy atom. The van der Waals surface area contributed by atoms with Gasteiger partial charge in [0.1, 0.15) is 11.0 Å². The van der Waals surface area contributed by atoms with Crippen LogP contribution in [0.25, 0.3) is 11.1 Å². The molecule has 4 rings (SSSR count). The second kappa shape index (κ2) is 10.6.